The van der Waals surface area contributed by atoms with Crippen LogP contribution in [0.2, 0.25) is 0 Å². The molecule has 1 aliphatic rings. The number of hydrogen-bond acceptors (Lipinski definition) is 5. The molecule has 0 spiro atoms. The second-order valence-electron chi connectivity index (χ2n) is 6.12. The van der Waals surface area contributed by atoms with Gasteiger partial charge in [0.25, 0.3) is 5.69 Å². The number of carbonyl (C=O) groups excluding carboxylic acids is 2. The summed E-state index contributed by atoms with van der Waals surface area (Å²) in [5, 5.41) is 17.0. The summed E-state index contributed by atoms with van der Waals surface area (Å²) in [5.74, 6) is -0.358. The molecular weight excluding hydrogens is 310 g/mol. The minimum absolute atomic E-state index is 0.00287. The van der Waals surface area contributed by atoms with Crippen molar-refractivity contribution in [3.05, 3.63) is 33.9 Å². The molecule has 2 N–H and O–H groups in total. The molecule has 0 aliphatic heterocycles. The Balaban J connectivity index is 1.85. The number of nitro groups is 1. The van der Waals surface area contributed by atoms with Crippen LogP contribution in [0.1, 0.15) is 55.8 Å². The maximum absolute atomic E-state index is 11.9. The number of ketones is 1. The van der Waals surface area contributed by atoms with E-state index in [2.05, 4.69) is 10.6 Å². The standard InChI is InChI=1S/C17H23N3O4/c1-12(21)15-11-14(7-8-16(15)20(23)24)18-10-9-17(22)19-13-5-3-2-4-6-13/h7-8,11,13,18H,2-6,9-10H2,1H3,(H,19,22). The van der Waals surface area contributed by atoms with Crippen LogP contribution in [0, 0.1) is 10.1 Å². The number of carbonyl (C=O) groups is 2. The largest absolute Gasteiger partial charge is 0.385 e. The Bertz CT molecular complexity index is 624. The van der Waals surface area contributed by atoms with Crippen molar-refractivity contribution in [1.29, 1.82) is 0 Å². The average molecular weight is 333 g/mol. The van der Waals surface area contributed by atoms with Gasteiger partial charge in [-0.3, -0.25) is 19.7 Å². The molecule has 7 nitrogen and oxygen atoms in total. The molecule has 0 bridgehead atoms. The molecule has 1 aromatic carbocycles. The highest BCUT2D eigenvalue weighted by Gasteiger charge is 2.18. The van der Waals surface area contributed by atoms with Crippen LogP contribution in [0.3, 0.4) is 0 Å². The first-order chi connectivity index (χ1) is 11.5. The summed E-state index contributed by atoms with van der Waals surface area (Å²) in [6.45, 7) is 1.71. The van der Waals surface area contributed by atoms with Gasteiger partial charge in [0.15, 0.2) is 5.78 Å². The molecule has 0 aromatic heterocycles. The van der Waals surface area contributed by atoms with E-state index in [1.54, 1.807) is 6.07 Å². The van der Waals surface area contributed by atoms with Gasteiger partial charge >= 0.3 is 0 Å². The van der Waals surface area contributed by atoms with Gasteiger partial charge in [0.2, 0.25) is 5.91 Å². The van der Waals surface area contributed by atoms with Gasteiger partial charge in [0.05, 0.1) is 10.5 Å². The third-order valence-electron chi connectivity index (χ3n) is 4.22. The lowest BCUT2D eigenvalue weighted by Crippen LogP contribution is -2.36. The van der Waals surface area contributed by atoms with Gasteiger partial charge in [-0.2, -0.15) is 0 Å². The van der Waals surface area contributed by atoms with E-state index in [4.69, 9.17) is 0 Å². The van der Waals surface area contributed by atoms with Gasteiger partial charge in [0, 0.05) is 30.8 Å². The molecule has 7 heteroatoms. The van der Waals surface area contributed by atoms with Crippen LogP contribution in [0.5, 0.6) is 0 Å². The van der Waals surface area contributed by atoms with E-state index in [0.717, 1.165) is 12.8 Å². The fourth-order valence-corrected chi connectivity index (χ4v) is 2.95. The summed E-state index contributed by atoms with van der Waals surface area (Å²) in [6, 6.07) is 4.60. The molecule has 1 aromatic rings. The second kappa shape index (κ2) is 8.42. The lowest BCUT2D eigenvalue weighted by molar-refractivity contribution is -0.385. The topological polar surface area (TPSA) is 101 Å². The summed E-state index contributed by atoms with van der Waals surface area (Å²) in [6.07, 6.45) is 5.99. The monoisotopic (exact) mass is 333 g/mol. The molecule has 1 fully saturated rings. The number of Topliss-reactive ketones (excluding diaryl/α,β-unsaturated/α-hetero) is 1. The van der Waals surface area contributed by atoms with Crippen LogP contribution < -0.4 is 10.6 Å². The predicted molar refractivity (Wildman–Crippen MR) is 91.2 cm³/mol. The van der Waals surface area contributed by atoms with Gasteiger partial charge in [0.1, 0.15) is 0 Å². The zero-order valence-electron chi connectivity index (χ0n) is 13.8. The maximum atomic E-state index is 11.9. The van der Waals surface area contributed by atoms with Crippen molar-refractivity contribution in [2.45, 2.75) is 51.5 Å². The zero-order chi connectivity index (χ0) is 17.5. The fourth-order valence-electron chi connectivity index (χ4n) is 2.95. The summed E-state index contributed by atoms with van der Waals surface area (Å²) in [4.78, 5) is 33.8. The van der Waals surface area contributed by atoms with Gasteiger partial charge in [-0.1, -0.05) is 19.3 Å². The minimum Gasteiger partial charge on any atom is -0.385 e. The first-order valence-corrected chi connectivity index (χ1v) is 8.30. The van der Waals surface area contributed by atoms with Crippen molar-refractivity contribution < 1.29 is 14.5 Å². The van der Waals surface area contributed by atoms with Gasteiger partial charge in [-0.25, -0.2) is 0 Å². The van der Waals surface area contributed by atoms with Crippen molar-refractivity contribution in [2.75, 3.05) is 11.9 Å². The van der Waals surface area contributed by atoms with E-state index >= 15 is 0 Å². The van der Waals surface area contributed by atoms with Gasteiger partial charge in [-0.15, -0.1) is 0 Å². The molecule has 24 heavy (non-hydrogen) atoms. The molecule has 0 saturated heterocycles. The Morgan fingerprint density at radius 2 is 1.96 bits per heavy atom. The number of benzene rings is 1. The number of rotatable bonds is 7. The Morgan fingerprint density at radius 1 is 1.25 bits per heavy atom. The predicted octanol–water partition coefficient (Wildman–Crippen LogP) is 3.05. The van der Waals surface area contributed by atoms with Crippen molar-refractivity contribution in [3.63, 3.8) is 0 Å². The third kappa shape index (κ3) is 5.04. The van der Waals surface area contributed by atoms with Gasteiger partial charge < -0.3 is 10.6 Å². The van der Waals surface area contributed by atoms with E-state index in [0.29, 0.717) is 18.7 Å². The summed E-state index contributed by atoms with van der Waals surface area (Å²) in [5.41, 5.74) is 0.455. The fraction of sp³-hybridized carbons (Fsp3) is 0.529. The number of nitro benzene ring substituents is 1. The molecule has 1 saturated carbocycles. The molecule has 0 radical (unpaired) electrons. The first-order valence-electron chi connectivity index (χ1n) is 8.30. The van der Waals surface area contributed by atoms with E-state index in [1.807, 2.05) is 0 Å². The third-order valence-corrected chi connectivity index (χ3v) is 4.22. The number of amides is 1. The van der Waals surface area contributed by atoms with Gasteiger partial charge in [-0.05, 0) is 31.9 Å². The lowest BCUT2D eigenvalue weighted by atomic mass is 9.95. The quantitative estimate of drug-likeness (QED) is 0.454. The normalized spacial score (nSPS) is 14.9. The number of nitrogens with zero attached hydrogens (tertiary/aromatic N) is 1. The molecule has 1 aliphatic carbocycles. The van der Waals surface area contributed by atoms with Crippen LogP contribution in [0.15, 0.2) is 18.2 Å². The zero-order valence-corrected chi connectivity index (χ0v) is 13.8. The summed E-state index contributed by atoms with van der Waals surface area (Å²) >= 11 is 0. The lowest BCUT2D eigenvalue weighted by Gasteiger charge is -2.22. The van der Waals surface area contributed by atoms with Crippen molar-refractivity contribution in [2.24, 2.45) is 0 Å². The van der Waals surface area contributed by atoms with Crippen LogP contribution in [0.25, 0.3) is 0 Å². The molecule has 0 atom stereocenters. The van der Waals surface area contributed by atoms with Crippen LogP contribution in [-0.2, 0) is 4.79 Å². The highest BCUT2D eigenvalue weighted by molar-refractivity contribution is 5.99. The van der Waals surface area contributed by atoms with Crippen LogP contribution in [0.4, 0.5) is 11.4 Å². The molecular formula is C17H23N3O4. The van der Waals surface area contributed by atoms with E-state index in [9.17, 15) is 19.7 Å². The summed E-state index contributed by atoms with van der Waals surface area (Å²) in [7, 11) is 0. The van der Waals surface area contributed by atoms with E-state index in [1.165, 1.54) is 38.3 Å². The van der Waals surface area contributed by atoms with Crippen LogP contribution >= 0.6 is 0 Å². The molecule has 0 heterocycles. The Labute approximate surface area is 141 Å². The second-order valence-corrected chi connectivity index (χ2v) is 6.12. The maximum Gasteiger partial charge on any atom is 0.280 e. The number of anilines is 1. The minimum atomic E-state index is -0.571. The van der Waals surface area contributed by atoms with Crippen molar-refractivity contribution in [1.82, 2.24) is 5.32 Å². The molecule has 1 amide bonds. The molecule has 0 unspecified atom stereocenters. The number of nitrogens with one attached hydrogen (secondary N) is 2. The van der Waals surface area contributed by atoms with Crippen molar-refractivity contribution in [3.8, 4) is 0 Å². The Hall–Kier alpha value is -2.44. The highest BCUT2D eigenvalue weighted by atomic mass is 16.6. The first kappa shape index (κ1) is 17.9. The van der Waals surface area contributed by atoms with E-state index < -0.39 is 4.92 Å². The smallest absolute Gasteiger partial charge is 0.280 e. The molecule has 130 valence electrons. The Kier molecular flexibility index (Phi) is 6.28. The average Bonchev–Trinajstić information content (AvgIpc) is 2.55. The summed E-state index contributed by atoms with van der Waals surface area (Å²) < 4.78 is 0. The number of hydrogen-bond donors (Lipinski definition) is 2. The Morgan fingerprint density at radius 3 is 2.58 bits per heavy atom. The van der Waals surface area contributed by atoms with Crippen LogP contribution in [-0.4, -0.2) is 29.2 Å². The molecule has 2 rings (SSSR count). The SMILES string of the molecule is CC(=O)c1cc(NCCC(=O)NC2CCCCC2)ccc1[N+](=O)[O-]. The van der Waals surface area contributed by atoms with E-state index in [-0.39, 0.29) is 29.0 Å². The highest BCUT2D eigenvalue weighted by Crippen LogP contribution is 2.23. The van der Waals surface area contributed by atoms with Crippen molar-refractivity contribution >= 4 is 23.1 Å².